The van der Waals surface area contributed by atoms with Gasteiger partial charge in [-0.05, 0) is 20.1 Å². The Labute approximate surface area is 99.2 Å². The molecule has 0 spiro atoms. The molecule has 0 aromatic heterocycles. The van der Waals surface area contributed by atoms with Gasteiger partial charge in [0, 0.05) is 6.85 Å². The van der Waals surface area contributed by atoms with E-state index in [0.29, 0.717) is 0 Å². The third-order valence-electron chi connectivity index (χ3n) is 2.13. The molecular formula is C10H18O5. The zero-order valence-corrected chi connectivity index (χ0v) is 8.28. The van der Waals surface area contributed by atoms with Crippen molar-refractivity contribution in [1.82, 2.24) is 0 Å². The second-order valence-corrected chi connectivity index (χ2v) is 2.90. The number of methoxy groups -OCH3 is 2. The van der Waals surface area contributed by atoms with Crippen molar-refractivity contribution >= 4 is 11.9 Å². The minimum Gasteiger partial charge on any atom is -0.469 e. The highest BCUT2D eigenvalue weighted by molar-refractivity contribution is 5.89. The van der Waals surface area contributed by atoms with Crippen LogP contribution in [0.25, 0.3) is 0 Å². The average molecular weight is 225 g/mol. The average Bonchev–Trinajstić information content (AvgIpc) is 2.38. The summed E-state index contributed by atoms with van der Waals surface area (Å²) < 4.78 is 59.3. The Morgan fingerprint density at radius 3 is 2.33 bits per heavy atom. The molecule has 0 radical (unpaired) electrons. The van der Waals surface area contributed by atoms with Crippen LogP contribution in [0.1, 0.15) is 36.7 Å². The van der Waals surface area contributed by atoms with Crippen LogP contribution >= 0.6 is 0 Å². The number of carbonyl (C=O) groups is 2. The summed E-state index contributed by atoms with van der Waals surface area (Å²) in [6.07, 6.45) is -0.606. The predicted molar refractivity (Wildman–Crippen MR) is 53.1 cm³/mol. The van der Waals surface area contributed by atoms with Gasteiger partial charge in [-0.2, -0.15) is 0 Å². The molecule has 0 aliphatic rings. The lowest BCUT2D eigenvalue weighted by Gasteiger charge is -2.36. The molecule has 0 amide bonds. The number of esters is 2. The maximum Gasteiger partial charge on any atom is 0.338 e. The Balaban J connectivity index is 6.43. The van der Waals surface area contributed by atoms with E-state index in [1.807, 2.05) is 0 Å². The molecule has 5 heteroatoms. The summed E-state index contributed by atoms with van der Waals surface area (Å²) in [5.74, 6) is -3.36. The van der Waals surface area contributed by atoms with Crippen LogP contribution in [0.4, 0.5) is 0 Å². The van der Waals surface area contributed by atoms with Crippen molar-refractivity contribution < 1.29 is 33.8 Å². The largest absolute Gasteiger partial charge is 0.469 e. The first kappa shape index (κ1) is 5.84. The quantitative estimate of drug-likeness (QED) is 0.705. The standard InChI is InChI=1S/C10H18O5/c1-6-9(2,7(11)14-4)10(3,13)8(12)15-5/h13H,6H2,1-5H3/i2D2,3D3,4D,5D. The second-order valence-electron chi connectivity index (χ2n) is 2.90. The van der Waals surface area contributed by atoms with Gasteiger partial charge in [0.05, 0.1) is 16.9 Å². The van der Waals surface area contributed by atoms with Crippen molar-refractivity contribution in [3.05, 3.63) is 0 Å². The van der Waals surface area contributed by atoms with Gasteiger partial charge in [0.25, 0.3) is 0 Å². The van der Waals surface area contributed by atoms with Gasteiger partial charge >= 0.3 is 11.9 Å². The molecule has 15 heavy (non-hydrogen) atoms. The molecule has 0 fully saturated rings. The fourth-order valence-electron chi connectivity index (χ4n) is 0.963. The van der Waals surface area contributed by atoms with Crippen molar-refractivity contribution in [3.63, 3.8) is 0 Å². The van der Waals surface area contributed by atoms with Gasteiger partial charge in [-0.25, -0.2) is 4.79 Å². The monoisotopic (exact) mass is 225 g/mol. The fraction of sp³-hybridized carbons (Fsp3) is 0.800. The second kappa shape index (κ2) is 4.61. The predicted octanol–water partition coefficient (Wildman–Crippen LogP) is 0.500. The normalized spacial score (nSPS) is 26.2. The lowest BCUT2D eigenvalue weighted by atomic mass is 9.72. The third-order valence-corrected chi connectivity index (χ3v) is 2.13. The summed E-state index contributed by atoms with van der Waals surface area (Å²) in [6, 6.07) is 0. The van der Waals surface area contributed by atoms with E-state index in [0.717, 1.165) is 0 Å². The first-order valence-electron chi connectivity index (χ1n) is 8.04. The van der Waals surface area contributed by atoms with Crippen molar-refractivity contribution in [3.8, 4) is 0 Å². The Morgan fingerprint density at radius 1 is 1.33 bits per heavy atom. The van der Waals surface area contributed by atoms with Gasteiger partial charge < -0.3 is 14.6 Å². The van der Waals surface area contributed by atoms with Crippen LogP contribution in [0.3, 0.4) is 0 Å². The zero-order valence-electron chi connectivity index (χ0n) is 15.3. The molecule has 0 saturated heterocycles. The van der Waals surface area contributed by atoms with E-state index < -0.39 is 57.3 Å². The van der Waals surface area contributed by atoms with E-state index in [4.69, 9.17) is 9.60 Å². The van der Waals surface area contributed by atoms with Crippen molar-refractivity contribution in [2.45, 2.75) is 32.7 Å². The lowest BCUT2D eigenvalue weighted by Crippen LogP contribution is -2.55. The van der Waals surface area contributed by atoms with Gasteiger partial charge in [-0.15, -0.1) is 0 Å². The smallest absolute Gasteiger partial charge is 0.338 e. The maximum atomic E-state index is 12.1. The van der Waals surface area contributed by atoms with Crippen LogP contribution < -0.4 is 0 Å². The molecule has 5 nitrogen and oxygen atoms in total. The summed E-state index contributed by atoms with van der Waals surface area (Å²) in [6.45, 7) is -4.65. The number of aliphatic hydroxyl groups is 1. The van der Waals surface area contributed by atoms with E-state index in [2.05, 4.69) is 9.47 Å². The van der Waals surface area contributed by atoms with Crippen LogP contribution in [0, 0.1) is 5.41 Å². The number of hydrogen-bond acceptors (Lipinski definition) is 5. The molecular weight excluding hydrogens is 200 g/mol. The van der Waals surface area contributed by atoms with Gasteiger partial charge in [-0.1, -0.05) is 6.92 Å². The van der Waals surface area contributed by atoms with E-state index in [1.165, 1.54) is 6.92 Å². The molecule has 2 atom stereocenters. The van der Waals surface area contributed by atoms with Gasteiger partial charge in [0.2, 0.25) is 0 Å². The minimum atomic E-state index is -3.56. The molecule has 0 aromatic rings. The first-order valence-corrected chi connectivity index (χ1v) is 3.97. The van der Waals surface area contributed by atoms with Crippen LogP contribution in [0.5, 0.6) is 0 Å². The van der Waals surface area contributed by atoms with Crippen molar-refractivity contribution in [1.29, 1.82) is 0 Å². The molecule has 0 aliphatic heterocycles. The highest BCUT2D eigenvalue weighted by Gasteiger charge is 2.54. The SMILES string of the molecule is [2H]COC(=O)C(CC)(C([2H])[2H])C(O)(C(=O)OC[2H])C([2H])([2H])[2H]. The van der Waals surface area contributed by atoms with Gasteiger partial charge in [0.15, 0.2) is 5.60 Å². The van der Waals surface area contributed by atoms with Crippen LogP contribution in [0.15, 0.2) is 0 Å². The lowest BCUT2D eigenvalue weighted by molar-refractivity contribution is -0.188. The van der Waals surface area contributed by atoms with Crippen molar-refractivity contribution in [2.75, 3.05) is 14.2 Å². The summed E-state index contributed by atoms with van der Waals surface area (Å²) in [4.78, 5) is 24.0. The van der Waals surface area contributed by atoms with E-state index in [9.17, 15) is 14.7 Å². The third kappa shape index (κ3) is 2.12. The Bertz CT molecular complexity index is 395. The van der Waals surface area contributed by atoms with Gasteiger partial charge in [0.1, 0.15) is 5.41 Å². The Hall–Kier alpha value is -1.10. The molecule has 1 N–H and O–H groups in total. The topological polar surface area (TPSA) is 72.8 Å². The molecule has 2 unspecified atom stereocenters. The van der Waals surface area contributed by atoms with Crippen molar-refractivity contribution in [2.24, 2.45) is 5.41 Å². The summed E-state index contributed by atoms with van der Waals surface area (Å²) in [7, 11) is -1.97. The Morgan fingerprint density at radius 2 is 1.93 bits per heavy atom. The van der Waals surface area contributed by atoms with E-state index >= 15 is 0 Å². The zero-order chi connectivity index (χ0) is 17.8. The van der Waals surface area contributed by atoms with E-state index in [-0.39, 0.29) is 0 Å². The fourth-order valence-corrected chi connectivity index (χ4v) is 0.963. The molecule has 0 bridgehead atoms. The first-order chi connectivity index (χ1) is 9.97. The summed E-state index contributed by atoms with van der Waals surface area (Å²) in [5, 5.41) is 10.5. The molecule has 0 saturated carbocycles. The molecule has 0 heterocycles. The molecule has 88 valence electrons. The number of ether oxygens (including phenoxy) is 2. The Kier molecular flexibility index (Phi) is 1.80. The summed E-state index contributed by atoms with van der Waals surface area (Å²) in [5.41, 5.74) is -6.36. The highest BCUT2D eigenvalue weighted by atomic mass is 16.5. The molecule has 0 rings (SSSR count). The van der Waals surface area contributed by atoms with E-state index in [1.54, 1.807) is 0 Å². The number of carbonyl (C=O) groups excluding carboxylic acids is 2. The molecule has 0 aromatic carbocycles. The maximum absolute atomic E-state index is 12.1. The highest BCUT2D eigenvalue weighted by Crippen LogP contribution is 2.36. The van der Waals surface area contributed by atoms with Crippen LogP contribution in [-0.4, -0.2) is 36.8 Å². The number of rotatable bonds is 4. The molecule has 0 aliphatic carbocycles. The summed E-state index contributed by atoms with van der Waals surface area (Å²) >= 11 is 0. The minimum absolute atomic E-state index is 0.606. The van der Waals surface area contributed by atoms with Crippen LogP contribution in [-0.2, 0) is 19.1 Å². The number of hydrogen-bond donors (Lipinski definition) is 1. The van der Waals surface area contributed by atoms with Crippen LogP contribution in [0.2, 0.25) is 0 Å². The van der Waals surface area contributed by atoms with Gasteiger partial charge in [-0.3, -0.25) is 4.79 Å².